The maximum atomic E-state index is 13.1. The zero-order chi connectivity index (χ0) is 54.7. The van der Waals surface area contributed by atoms with Gasteiger partial charge in [0.1, 0.15) is 18.8 Å². The van der Waals surface area contributed by atoms with Crippen molar-refractivity contribution in [3.8, 4) is 0 Å². The lowest BCUT2D eigenvalue weighted by atomic mass is 9.98. The molecule has 1 aliphatic rings. The second-order valence-corrected chi connectivity index (χ2v) is 19.5. The van der Waals surface area contributed by atoms with E-state index in [1.165, 1.54) is 57.8 Å². The summed E-state index contributed by atoms with van der Waals surface area (Å²) in [5.74, 6) is -3.26. The smallest absolute Gasteiger partial charge is 0.335 e. The molecule has 12 heteroatoms. The molecule has 6 unspecified atom stereocenters. The molecular weight excluding hydrogens is 949 g/mol. The third-order valence-electron chi connectivity index (χ3n) is 12.6. The Kier molecular flexibility index (Phi) is 46.2. The predicted molar refractivity (Wildman–Crippen MR) is 303 cm³/mol. The quantitative estimate of drug-likeness (QED) is 0.0228. The van der Waals surface area contributed by atoms with Crippen LogP contribution < -0.4 is 0 Å². The minimum atomic E-state index is -1.92. The molecule has 6 atom stereocenters. The van der Waals surface area contributed by atoms with Crippen LogP contribution in [0.3, 0.4) is 0 Å². The van der Waals surface area contributed by atoms with Crippen LogP contribution in [0.2, 0.25) is 0 Å². The van der Waals surface area contributed by atoms with Crippen LogP contribution in [0, 0.1) is 0 Å². The summed E-state index contributed by atoms with van der Waals surface area (Å²) < 4.78 is 28.3. The lowest BCUT2D eigenvalue weighted by Crippen LogP contribution is -2.61. The van der Waals surface area contributed by atoms with E-state index in [0.29, 0.717) is 25.7 Å². The molecule has 0 aromatic carbocycles. The van der Waals surface area contributed by atoms with Gasteiger partial charge in [0.15, 0.2) is 24.6 Å². The molecule has 0 aromatic heterocycles. The Hall–Kier alpha value is -4.36. The highest BCUT2D eigenvalue weighted by molar-refractivity contribution is 5.74. The van der Waals surface area contributed by atoms with Crippen LogP contribution in [0.4, 0.5) is 0 Å². The van der Waals surface area contributed by atoms with E-state index in [9.17, 15) is 34.5 Å². The van der Waals surface area contributed by atoms with Gasteiger partial charge >= 0.3 is 23.9 Å². The van der Waals surface area contributed by atoms with E-state index in [4.69, 9.17) is 23.7 Å². The maximum Gasteiger partial charge on any atom is 0.335 e. The first-order valence-corrected chi connectivity index (χ1v) is 29.2. The molecule has 1 heterocycles. The number of allylic oxidation sites excluding steroid dienone is 16. The summed E-state index contributed by atoms with van der Waals surface area (Å²) in [6, 6.07) is 0. The Balaban J connectivity index is 2.72. The number of hydrogen-bond acceptors (Lipinski definition) is 11. The number of carbonyl (C=O) groups excluding carboxylic acids is 3. The fourth-order valence-electron chi connectivity index (χ4n) is 8.15. The predicted octanol–water partition coefficient (Wildman–Crippen LogP) is 14.9. The van der Waals surface area contributed by atoms with Crippen LogP contribution in [0.25, 0.3) is 0 Å². The third-order valence-corrected chi connectivity index (χ3v) is 12.6. The van der Waals surface area contributed by atoms with Gasteiger partial charge in [0.25, 0.3) is 0 Å². The Bertz CT molecular complexity index is 1670. The fraction of sp³-hybridized carbons (Fsp3) is 0.683. The van der Waals surface area contributed by atoms with Crippen LogP contribution in [0.1, 0.15) is 226 Å². The van der Waals surface area contributed by atoms with Crippen LogP contribution in [-0.2, 0) is 42.9 Å². The SMILES string of the molecule is CC/C=C\C/C=C\C/C=C\C/C=C\CCC(=O)OC(COC(=O)CCCCCCCCCCC/C=C\C/C=C\CCCCC)COC1OC(C(=O)O)C(O)C(O)C1OC(=O)CCCCCCC/C=C\C/C=C\CCC. The summed E-state index contributed by atoms with van der Waals surface area (Å²) in [5.41, 5.74) is 0. The monoisotopic (exact) mass is 1050 g/mol. The first-order chi connectivity index (χ1) is 36.6. The van der Waals surface area contributed by atoms with Gasteiger partial charge in [0.2, 0.25) is 0 Å². The van der Waals surface area contributed by atoms with Crippen LogP contribution >= 0.6 is 0 Å². The normalized spacial score (nSPS) is 18.9. The second-order valence-electron chi connectivity index (χ2n) is 19.5. The maximum absolute atomic E-state index is 13.1. The molecule has 0 saturated carbocycles. The first-order valence-electron chi connectivity index (χ1n) is 29.2. The van der Waals surface area contributed by atoms with Gasteiger partial charge in [-0.15, -0.1) is 0 Å². The van der Waals surface area contributed by atoms with E-state index in [0.717, 1.165) is 103 Å². The van der Waals surface area contributed by atoms with Crippen LogP contribution in [-0.4, -0.2) is 89.2 Å². The summed E-state index contributed by atoms with van der Waals surface area (Å²) in [6.45, 7) is 5.70. The Morgan fingerprint density at radius 3 is 1.39 bits per heavy atom. The highest BCUT2D eigenvalue weighted by Gasteiger charge is 2.50. The number of esters is 3. The minimum absolute atomic E-state index is 0.0318. The summed E-state index contributed by atoms with van der Waals surface area (Å²) in [5, 5.41) is 31.4. The third kappa shape index (κ3) is 40.6. The highest BCUT2D eigenvalue weighted by atomic mass is 16.7. The number of ether oxygens (including phenoxy) is 5. The van der Waals surface area contributed by atoms with Crippen molar-refractivity contribution in [3.63, 3.8) is 0 Å². The van der Waals surface area contributed by atoms with Crippen molar-refractivity contribution in [1.29, 1.82) is 0 Å². The van der Waals surface area contributed by atoms with Gasteiger partial charge in [-0.2, -0.15) is 0 Å². The number of carboxylic acids is 1. The van der Waals surface area contributed by atoms with Crippen molar-refractivity contribution in [2.45, 2.75) is 263 Å². The van der Waals surface area contributed by atoms with Gasteiger partial charge < -0.3 is 39.0 Å². The number of aliphatic hydroxyl groups is 2. The number of aliphatic hydroxyl groups excluding tert-OH is 2. The van der Waals surface area contributed by atoms with Gasteiger partial charge in [0.05, 0.1) is 6.61 Å². The Labute approximate surface area is 453 Å². The van der Waals surface area contributed by atoms with E-state index >= 15 is 0 Å². The molecule has 0 bridgehead atoms. The van der Waals surface area contributed by atoms with Gasteiger partial charge in [0, 0.05) is 19.3 Å². The molecule has 0 spiro atoms. The lowest BCUT2D eigenvalue weighted by Gasteiger charge is -2.40. The largest absolute Gasteiger partial charge is 0.479 e. The van der Waals surface area contributed by atoms with E-state index < -0.39 is 67.3 Å². The zero-order valence-electron chi connectivity index (χ0n) is 46.8. The molecule has 426 valence electrons. The van der Waals surface area contributed by atoms with Crippen LogP contribution in [0.5, 0.6) is 0 Å². The van der Waals surface area contributed by atoms with Crippen molar-refractivity contribution < 1.29 is 58.2 Å². The number of carbonyl (C=O) groups is 4. The minimum Gasteiger partial charge on any atom is -0.479 e. The summed E-state index contributed by atoms with van der Waals surface area (Å²) in [7, 11) is 0. The first kappa shape index (κ1) is 68.7. The van der Waals surface area contributed by atoms with Gasteiger partial charge in [-0.05, 0) is 103 Å². The highest BCUT2D eigenvalue weighted by Crippen LogP contribution is 2.26. The Morgan fingerprint density at radius 2 is 0.893 bits per heavy atom. The van der Waals surface area contributed by atoms with Gasteiger partial charge in [-0.1, -0.05) is 201 Å². The molecule has 1 aliphatic heterocycles. The summed E-state index contributed by atoms with van der Waals surface area (Å²) >= 11 is 0. The molecule has 1 rings (SSSR count). The number of aliphatic carboxylic acids is 1. The standard InChI is InChI=1S/C63H102O12/c1-4-7-10-13-16-19-22-25-26-27-28-29-30-33-34-37-40-43-46-49-55(64)71-52-54(73-56(65)50-47-44-41-38-35-31-23-20-17-14-11-8-5-2)53-72-63-61(59(68)58(67)60(75-63)62(69)70)74-57(66)51-48-45-42-39-36-32-24-21-18-15-12-9-6-3/h8,11-12,15-17,19-21,24-26,31,35,41,44,54,58-61,63,67-68H,4-7,9-10,13-14,18,22-23,27-30,32-34,36-40,42-43,45-53H2,1-3H3,(H,69,70)/b11-8-,15-12-,19-16-,20-17-,24-21-,26-25-,35-31-,44-41-. The molecule has 1 fully saturated rings. The molecule has 0 aromatic rings. The molecule has 0 aliphatic carbocycles. The molecule has 1 saturated heterocycles. The van der Waals surface area contributed by atoms with Crippen molar-refractivity contribution in [2.24, 2.45) is 0 Å². The van der Waals surface area contributed by atoms with Crippen LogP contribution in [0.15, 0.2) is 97.2 Å². The van der Waals surface area contributed by atoms with Crippen molar-refractivity contribution >= 4 is 23.9 Å². The second kappa shape index (κ2) is 50.5. The Morgan fingerprint density at radius 1 is 0.453 bits per heavy atom. The van der Waals surface area contributed by atoms with E-state index in [2.05, 4.69) is 106 Å². The van der Waals surface area contributed by atoms with Gasteiger partial charge in [-0.25, -0.2) is 4.79 Å². The molecule has 0 radical (unpaired) electrons. The summed E-state index contributed by atoms with van der Waals surface area (Å²) in [4.78, 5) is 51.0. The topological polar surface area (TPSA) is 175 Å². The van der Waals surface area contributed by atoms with Crippen molar-refractivity contribution in [2.75, 3.05) is 13.2 Å². The van der Waals surface area contributed by atoms with Crippen molar-refractivity contribution in [3.05, 3.63) is 97.2 Å². The van der Waals surface area contributed by atoms with Crippen molar-refractivity contribution in [1.82, 2.24) is 0 Å². The zero-order valence-corrected chi connectivity index (χ0v) is 46.8. The molecular formula is C63H102O12. The molecule has 75 heavy (non-hydrogen) atoms. The van der Waals surface area contributed by atoms with E-state index in [1.807, 2.05) is 12.2 Å². The molecule has 3 N–H and O–H groups in total. The lowest BCUT2D eigenvalue weighted by molar-refractivity contribution is -0.301. The number of unbranched alkanes of at least 4 members (excludes halogenated alkanes) is 18. The average Bonchev–Trinajstić information content (AvgIpc) is 3.39. The number of carboxylic acid groups (broad SMARTS) is 1. The summed E-state index contributed by atoms with van der Waals surface area (Å²) in [6.07, 6.45) is 54.0. The number of hydrogen-bond donors (Lipinski definition) is 3. The fourth-order valence-corrected chi connectivity index (χ4v) is 8.15. The molecule has 0 amide bonds. The number of rotatable bonds is 48. The molecule has 12 nitrogen and oxygen atoms in total. The van der Waals surface area contributed by atoms with Gasteiger partial charge in [-0.3, -0.25) is 14.4 Å². The van der Waals surface area contributed by atoms with E-state index in [-0.39, 0.29) is 25.9 Å². The average molecular weight is 1050 g/mol. The van der Waals surface area contributed by atoms with E-state index in [1.54, 1.807) is 0 Å².